The molecule has 1 aliphatic rings. The Balaban J connectivity index is 0.000000252. The number of nitrogens with zero attached hydrogens (tertiary/aromatic N) is 2. The van der Waals surface area contributed by atoms with E-state index in [0.717, 1.165) is 19.1 Å². The van der Waals surface area contributed by atoms with Gasteiger partial charge in [0.05, 0.1) is 26.3 Å². The van der Waals surface area contributed by atoms with E-state index in [9.17, 15) is 37.3 Å². The Labute approximate surface area is 185 Å². The highest BCUT2D eigenvalue weighted by Gasteiger charge is 2.28. The van der Waals surface area contributed by atoms with Crippen LogP contribution >= 0.6 is 0 Å². The molecule has 0 aliphatic carbocycles. The topological polar surface area (TPSA) is 108 Å². The number of methoxy groups -OCH3 is 2. The second kappa shape index (κ2) is 12.3. The van der Waals surface area contributed by atoms with E-state index in [4.69, 9.17) is 4.74 Å². The number of rotatable bonds is 4. The monoisotopic (exact) mass is 476 g/mol. The van der Waals surface area contributed by atoms with Gasteiger partial charge in [0, 0.05) is 30.5 Å². The van der Waals surface area contributed by atoms with Crippen molar-refractivity contribution < 1.29 is 46.4 Å². The highest BCUT2D eigenvalue weighted by atomic mass is 19.2. The first kappa shape index (κ1) is 27.3. The van der Waals surface area contributed by atoms with E-state index in [0.29, 0.717) is 5.75 Å². The lowest BCUT2D eigenvalue weighted by Gasteiger charge is -2.07. The van der Waals surface area contributed by atoms with Gasteiger partial charge in [-0.3, -0.25) is 24.5 Å². The maximum atomic E-state index is 12.9. The number of ether oxygens (including phenoxy) is 2. The lowest BCUT2D eigenvalue weighted by atomic mass is 10.2. The van der Waals surface area contributed by atoms with Crippen LogP contribution in [0.25, 0.3) is 0 Å². The quantitative estimate of drug-likeness (QED) is 0.165. The first-order valence-electron chi connectivity index (χ1n) is 9.04. The van der Waals surface area contributed by atoms with Crippen molar-refractivity contribution in [2.45, 2.75) is 19.8 Å². The van der Waals surface area contributed by atoms with E-state index in [1.54, 1.807) is 12.1 Å². The number of carbonyl (C=O) groups excluding carboxylic acids is 2. The van der Waals surface area contributed by atoms with E-state index in [-0.39, 0.29) is 30.3 Å². The van der Waals surface area contributed by atoms with Crippen LogP contribution in [-0.4, -0.2) is 43.1 Å². The Morgan fingerprint density at radius 3 is 1.73 bits per heavy atom. The summed E-state index contributed by atoms with van der Waals surface area (Å²) in [5.41, 5.74) is -0.526. The molecular formula is C20H20F4N2O7. The Hall–Kier alpha value is -3.74. The summed E-state index contributed by atoms with van der Waals surface area (Å²) in [7, 11) is 3.79. The average molecular weight is 476 g/mol. The van der Waals surface area contributed by atoms with Crippen LogP contribution in [0.2, 0.25) is 0 Å². The summed E-state index contributed by atoms with van der Waals surface area (Å²) in [5.74, 6) is -6.91. The molecule has 0 saturated carbocycles. The highest BCUT2D eigenvalue weighted by Crippen LogP contribution is 2.28. The van der Waals surface area contributed by atoms with Gasteiger partial charge < -0.3 is 9.47 Å². The lowest BCUT2D eigenvalue weighted by molar-refractivity contribution is -0.384. The molecule has 1 saturated heterocycles. The summed E-state index contributed by atoms with van der Waals surface area (Å²) in [4.78, 5) is 35.4. The number of nitro benzene ring substituents is 1. The molecule has 180 valence electrons. The van der Waals surface area contributed by atoms with Crippen molar-refractivity contribution in [3.63, 3.8) is 0 Å². The number of imide groups is 1. The second-order valence-corrected chi connectivity index (χ2v) is 6.13. The molecule has 2 aromatic carbocycles. The number of hydrogen-bond donors (Lipinski definition) is 0. The molecule has 9 nitrogen and oxygen atoms in total. The van der Waals surface area contributed by atoms with Gasteiger partial charge in [-0.1, -0.05) is 0 Å². The van der Waals surface area contributed by atoms with E-state index >= 15 is 0 Å². The van der Waals surface area contributed by atoms with Crippen LogP contribution in [0.15, 0.2) is 24.3 Å². The summed E-state index contributed by atoms with van der Waals surface area (Å²) in [6, 6.07) is 5.91. The van der Waals surface area contributed by atoms with E-state index in [2.05, 4.69) is 9.57 Å². The first-order valence-corrected chi connectivity index (χ1v) is 9.04. The minimum atomic E-state index is -1.73. The molecule has 2 aromatic rings. The van der Waals surface area contributed by atoms with Gasteiger partial charge in [0.25, 0.3) is 17.5 Å². The normalized spacial score (nSPS) is 12.4. The molecule has 3 rings (SSSR count). The van der Waals surface area contributed by atoms with Crippen LogP contribution in [0.1, 0.15) is 18.4 Å². The number of non-ortho nitro benzene ring substituents is 1. The number of hydroxylamine groups is 2. The largest absolute Gasteiger partial charge is 0.497 e. The maximum Gasteiger partial charge on any atom is 0.269 e. The molecule has 13 heteroatoms. The van der Waals surface area contributed by atoms with Crippen LogP contribution in [0.4, 0.5) is 23.2 Å². The molecule has 0 aromatic heterocycles. The Morgan fingerprint density at radius 2 is 1.36 bits per heavy atom. The minimum absolute atomic E-state index is 0.0748. The smallest absolute Gasteiger partial charge is 0.269 e. The summed E-state index contributed by atoms with van der Waals surface area (Å²) in [6.45, 7) is 0.996. The van der Waals surface area contributed by atoms with Gasteiger partial charge in [-0.25, -0.2) is 13.2 Å². The van der Waals surface area contributed by atoms with Gasteiger partial charge in [0.15, 0.2) is 23.2 Å². The minimum Gasteiger partial charge on any atom is -0.497 e. The fraction of sp³-hybridized carbons (Fsp3) is 0.300. The third-order valence-corrected chi connectivity index (χ3v) is 4.12. The fourth-order valence-electron chi connectivity index (χ4n) is 2.37. The molecule has 1 fully saturated rings. The number of nitro groups is 1. The number of carbonyl (C=O) groups is 2. The molecule has 1 aliphatic heterocycles. The number of hydrogen-bond acceptors (Lipinski definition) is 7. The summed E-state index contributed by atoms with van der Waals surface area (Å²) >= 11 is 0. The number of amides is 2. The fourth-order valence-corrected chi connectivity index (χ4v) is 2.37. The Kier molecular flexibility index (Phi) is 10.2. The summed E-state index contributed by atoms with van der Waals surface area (Å²) < 4.78 is 60.0. The summed E-state index contributed by atoms with van der Waals surface area (Å²) in [6.07, 6.45) is 0.569. The molecule has 0 atom stereocenters. The van der Waals surface area contributed by atoms with Crippen molar-refractivity contribution in [2.24, 2.45) is 0 Å². The Bertz CT molecular complexity index is 971. The maximum absolute atomic E-state index is 12.9. The number of halogens is 4. The van der Waals surface area contributed by atoms with Crippen LogP contribution in [0.5, 0.6) is 11.5 Å². The molecule has 0 N–H and O–H groups in total. The Morgan fingerprint density at radius 1 is 0.848 bits per heavy atom. The number of benzene rings is 2. The first-order chi connectivity index (χ1) is 15.5. The van der Waals surface area contributed by atoms with Gasteiger partial charge in [-0.05, 0) is 19.1 Å². The standard InChI is InChI=1S/C8H6F4O.C7H7NO3.C5H7NO3/c1-3-4(9)6(11)7(12)8(13-2)5(3)10;1-11-7-4-2-6(3-5-7)8(9)10;1-9-6-4(7)2-3-5(6)8/h1-2H3;2-5H,1H3;2-3H2,1H3. The van der Waals surface area contributed by atoms with E-state index < -0.39 is 39.5 Å². The van der Waals surface area contributed by atoms with Gasteiger partial charge in [0.1, 0.15) is 5.75 Å². The molecule has 1 heterocycles. The third kappa shape index (κ3) is 6.87. The summed E-state index contributed by atoms with van der Waals surface area (Å²) in [5, 5.41) is 11.0. The van der Waals surface area contributed by atoms with Crippen molar-refractivity contribution in [3.8, 4) is 11.5 Å². The van der Waals surface area contributed by atoms with E-state index in [1.807, 2.05) is 0 Å². The lowest BCUT2D eigenvalue weighted by Crippen LogP contribution is -2.27. The zero-order valence-corrected chi connectivity index (χ0v) is 18.0. The molecule has 2 amide bonds. The van der Waals surface area contributed by atoms with Gasteiger partial charge >= 0.3 is 0 Å². The van der Waals surface area contributed by atoms with Crippen LogP contribution < -0.4 is 9.47 Å². The predicted molar refractivity (Wildman–Crippen MR) is 105 cm³/mol. The van der Waals surface area contributed by atoms with Gasteiger partial charge in [-0.2, -0.15) is 9.45 Å². The van der Waals surface area contributed by atoms with Crippen LogP contribution in [0, 0.1) is 40.3 Å². The molecule has 0 bridgehead atoms. The second-order valence-electron chi connectivity index (χ2n) is 6.13. The SMILES string of the molecule is CON1C(=O)CCC1=O.COc1c(F)c(C)c(F)c(F)c1F.COc1ccc([N+](=O)[O-])cc1. The third-order valence-electron chi connectivity index (χ3n) is 4.12. The van der Waals surface area contributed by atoms with Crippen molar-refractivity contribution >= 4 is 17.5 Å². The highest BCUT2D eigenvalue weighted by molar-refractivity contribution is 6.00. The van der Waals surface area contributed by atoms with Crippen LogP contribution in [0.3, 0.4) is 0 Å². The van der Waals surface area contributed by atoms with Gasteiger partial charge in [-0.15, -0.1) is 0 Å². The molecule has 33 heavy (non-hydrogen) atoms. The van der Waals surface area contributed by atoms with Crippen LogP contribution in [-0.2, 0) is 14.4 Å². The van der Waals surface area contributed by atoms with Crippen molar-refractivity contribution in [1.82, 2.24) is 5.06 Å². The molecule has 0 spiro atoms. The van der Waals surface area contributed by atoms with Gasteiger partial charge in [0.2, 0.25) is 5.82 Å². The van der Waals surface area contributed by atoms with Crippen molar-refractivity contribution in [2.75, 3.05) is 21.3 Å². The molecule has 0 unspecified atom stereocenters. The average Bonchev–Trinajstić information content (AvgIpc) is 3.14. The zero-order valence-electron chi connectivity index (χ0n) is 18.0. The molecular weight excluding hydrogens is 456 g/mol. The molecule has 0 radical (unpaired) electrons. The van der Waals surface area contributed by atoms with E-state index in [1.165, 1.54) is 26.4 Å². The van der Waals surface area contributed by atoms with Crippen molar-refractivity contribution in [3.05, 3.63) is 63.2 Å². The predicted octanol–water partition coefficient (Wildman–Crippen LogP) is 3.86. The van der Waals surface area contributed by atoms with Crippen molar-refractivity contribution in [1.29, 1.82) is 0 Å². The zero-order chi connectivity index (χ0) is 25.3.